The molecule has 0 aliphatic heterocycles. The molecule has 3 amide bonds. The molecular weight excluding hydrogens is 328 g/mol. The van der Waals surface area contributed by atoms with Crippen LogP contribution in [0.4, 0.5) is 4.79 Å². The number of benzene rings is 1. The average molecular weight is 346 g/mol. The van der Waals surface area contributed by atoms with Gasteiger partial charge < -0.3 is 10.1 Å². The Balaban J connectivity index is 2.09. The van der Waals surface area contributed by atoms with Gasteiger partial charge >= 0.3 is 12.0 Å². The van der Waals surface area contributed by atoms with Gasteiger partial charge in [0, 0.05) is 17.0 Å². The van der Waals surface area contributed by atoms with Crippen molar-refractivity contribution in [2.24, 2.45) is 0 Å². The molecule has 2 rings (SSSR count). The average Bonchev–Trinajstić information content (AvgIpc) is 3.06. The molecular formula is C17H18N2O4S. The van der Waals surface area contributed by atoms with Gasteiger partial charge in [0.25, 0.3) is 5.91 Å². The summed E-state index contributed by atoms with van der Waals surface area (Å²) in [6, 6.07) is 11.6. The first-order chi connectivity index (χ1) is 11.6. The third-order valence-electron chi connectivity index (χ3n) is 3.06. The first-order valence-electron chi connectivity index (χ1n) is 7.45. The first-order valence-corrected chi connectivity index (χ1v) is 8.33. The van der Waals surface area contributed by atoms with E-state index in [2.05, 4.69) is 10.6 Å². The topological polar surface area (TPSA) is 84.5 Å². The van der Waals surface area contributed by atoms with Crippen LogP contribution < -0.4 is 10.6 Å². The highest BCUT2D eigenvalue weighted by molar-refractivity contribution is 7.10. The number of rotatable bonds is 6. The number of carbonyl (C=O) groups is 3. The SMILES string of the molecule is CCNC(=O)NC(=O)[C@@H](OC(=O)Cc1cccs1)c1ccccc1. The molecule has 2 aromatic rings. The molecule has 1 aromatic carbocycles. The lowest BCUT2D eigenvalue weighted by Gasteiger charge is -2.17. The number of carbonyl (C=O) groups excluding carboxylic acids is 3. The Hall–Kier alpha value is -2.67. The van der Waals surface area contributed by atoms with Crippen molar-refractivity contribution in [3.8, 4) is 0 Å². The van der Waals surface area contributed by atoms with E-state index in [1.54, 1.807) is 37.3 Å². The van der Waals surface area contributed by atoms with Crippen LogP contribution in [0.2, 0.25) is 0 Å². The van der Waals surface area contributed by atoms with Crippen molar-refractivity contribution < 1.29 is 19.1 Å². The van der Waals surface area contributed by atoms with Crippen LogP contribution >= 0.6 is 11.3 Å². The minimum absolute atomic E-state index is 0.0788. The highest BCUT2D eigenvalue weighted by Gasteiger charge is 2.26. The summed E-state index contributed by atoms with van der Waals surface area (Å²) in [4.78, 5) is 36.8. The Bertz CT molecular complexity index is 686. The van der Waals surface area contributed by atoms with Gasteiger partial charge in [0.15, 0.2) is 0 Å². The summed E-state index contributed by atoms with van der Waals surface area (Å²) in [6.07, 6.45) is -1.10. The highest BCUT2D eigenvalue weighted by atomic mass is 32.1. The van der Waals surface area contributed by atoms with Crippen LogP contribution in [0, 0.1) is 0 Å². The third-order valence-corrected chi connectivity index (χ3v) is 3.94. The van der Waals surface area contributed by atoms with E-state index < -0.39 is 24.0 Å². The molecule has 0 bridgehead atoms. The molecule has 1 atom stereocenters. The normalized spacial score (nSPS) is 11.4. The van der Waals surface area contributed by atoms with E-state index in [-0.39, 0.29) is 6.42 Å². The van der Waals surface area contributed by atoms with Crippen LogP contribution in [0.1, 0.15) is 23.5 Å². The highest BCUT2D eigenvalue weighted by Crippen LogP contribution is 2.19. The molecule has 0 spiro atoms. The predicted octanol–water partition coefficient (Wildman–Crippen LogP) is 2.42. The smallest absolute Gasteiger partial charge is 0.321 e. The van der Waals surface area contributed by atoms with E-state index in [0.29, 0.717) is 12.1 Å². The second-order valence-corrected chi connectivity index (χ2v) is 5.92. The first kappa shape index (κ1) is 17.7. The molecule has 0 radical (unpaired) electrons. The monoisotopic (exact) mass is 346 g/mol. The summed E-state index contributed by atoms with van der Waals surface area (Å²) < 4.78 is 5.33. The molecule has 2 N–H and O–H groups in total. The number of hydrogen-bond acceptors (Lipinski definition) is 5. The standard InChI is InChI=1S/C17H18N2O4S/c1-2-18-17(22)19-16(21)15(12-7-4-3-5-8-12)23-14(20)11-13-9-6-10-24-13/h3-10,15H,2,11H2,1H3,(H2,18,19,21,22)/t15-/m0/s1. The molecule has 24 heavy (non-hydrogen) atoms. The molecule has 0 fully saturated rings. The fraction of sp³-hybridized carbons (Fsp3) is 0.235. The van der Waals surface area contributed by atoms with Gasteiger partial charge in [-0.1, -0.05) is 36.4 Å². The Labute approximate surface area is 143 Å². The maximum atomic E-state index is 12.3. The molecule has 0 saturated carbocycles. The van der Waals surface area contributed by atoms with Crippen LogP contribution in [0.15, 0.2) is 47.8 Å². The van der Waals surface area contributed by atoms with Gasteiger partial charge in [0.05, 0.1) is 6.42 Å². The Morgan fingerprint density at radius 3 is 2.50 bits per heavy atom. The van der Waals surface area contributed by atoms with Crippen molar-refractivity contribution >= 4 is 29.2 Å². The second kappa shape index (κ2) is 8.83. The lowest BCUT2D eigenvalue weighted by Crippen LogP contribution is -2.42. The van der Waals surface area contributed by atoms with Crippen molar-refractivity contribution in [1.29, 1.82) is 0 Å². The van der Waals surface area contributed by atoms with Crippen LogP contribution in [-0.4, -0.2) is 24.5 Å². The summed E-state index contributed by atoms with van der Waals surface area (Å²) in [6.45, 7) is 2.12. The number of thiophene rings is 1. The van der Waals surface area contributed by atoms with Crippen molar-refractivity contribution in [2.75, 3.05) is 6.54 Å². The predicted molar refractivity (Wildman–Crippen MR) is 90.5 cm³/mol. The molecule has 1 heterocycles. The van der Waals surface area contributed by atoms with Gasteiger partial charge in [-0.2, -0.15) is 0 Å². The lowest BCUT2D eigenvalue weighted by molar-refractivity contribution is -0.155. The van der Waals surface area contributed by atoms with Crippen molar-refractivity contribution in [3.63, 3.8) is 0 Å². The van der Waals surface area contributed by atoms with E-state index in [0.717, 1.165) is 4.88 Å². The Morgan fingerprint density at radius 1 is 1.12 bits per heavy atom. The van der Waals surface area contributed by atoms with Crippen LogP contribution in [-0.2, 0) is 20.7 Å². The van der Waals surface area contributed by atoms with E-state index >= 15 is 0 Å². The zero-order valence-corrected chi connectivity index (χ0v) is 14.0. The molecule has 6 nitrogen and oxygen atoms in total. The number of amides is 3. The Morgan fingerprint density at radius 2 is 1.88 bits per heavy atom. The molecule has 7 heteroatoms. The molecule has 0 aliphatic carbocycles. The fourth-order valence-electron chi connectivity index (χ4n) is 2.01. The minimum atomic E-state index is -1.18. The van der Waals surface area contributed by atoms with Crippen molar-refractivity contribution in [2.45, 2.75) is 19.4 Å². The maximum absolute atomic E-state index is 12.3. The van der Waals surface area contributed by atoms with Gasteiger partial charge in [-0.25, -0.2) is 4.79 Å². The Kier molecular flexibility index (Phi) is 6.51. The molecule has 0 unspecified atom stereocenters. The number of urea groups is 1. The van der Waals surface area contributed by atoms with Crippen molar-refractivity contribution in [3.05, 3.63) is 58.3 Å². The van der Waals surface area contributed by atoms with Gasteiger partial charge in [-0.3, -0.25) is 14.9 Å². The van der Waals surface area contributed by atoms with Gasteiger partial charge in [-0.15, -0.1) is 11.3 Å². The quantitative estimate of drug-likeness (QED) is 0.787. The maximum Gasteiger partial charge on any atom is 0.321 e. The van der Waals surface area contributed by atoms with Gasteiger partial charge in [0.1, 0.15) is 0 Å². The second-order valence-electron chi connectivity index (χ2n) is 4.89. The number of esters is 1. The van der Waals surface area contributed by atoms with E-state index in [1.165, 1.54) is 11.3 Å². The van der Waals surface area contributed by atoms with Crippen molar-refractivity contribution in [1.82, 2.24) is 10.6 Å². The number of hydrogen-bond donors (Lipinski definition) is 2. The van der Waals surface area contributed by atoms with Gasteiger partial charge in [-0.05, 0) is 18.4 Å². The van der Waals surface area contributed by atoms with E-state index in [1.807, 2.05) is 17.5 Å². The van der Waals surface area contributed by atoms with Crippen LogP contribution in [0.25, 0.3) is 0 Å². The largest absolute Gasteiger partial charge is 0.447 e. The zero-order valence-electron chi connectivity index (χ0n) is 13.2. The third kappa shape index (κ3) is 5.20. The summed E-state index contributed by atoms with van der Waals surface area (Å²) in [5, 5.41) is 6.50. The van der Waals surface area contributed by atoms with E-state index in [9.17, 15) is 14.4 Å². The summed E-state index contributed by atoms with van der Waals surface area (Å²) in [7, 11) is 0. The molecule has 0 aliphatic rings. The summed E-state index contributed by atoms with van der Waals surface area (Å²) >= 11 is 1.43. The fourth-order valence-corrected chi connectivity index (χ4v) is 2.70. The number of ether oxygens (including phenoxy) is 1. The zero-order chi connectivity index (χ0) is 17.4. The summed E-state index contributed by atoms with van der Waals surface area (Å²) in [5.74, 6) is -1.22. The van der Waals surface area contributed by atoms with Crippen LogP contribution in [0.3, 0.4) is 0 Å². The summed E-state index contributed by atoms with van der Waals surface area (Å²) in [5.41, 5.74) is 0.499. The molecule has 0 saturated heterocycles. The van der Waals surface area contributed by atoms with Gasteiger partial charge in [0.2, 0.25) is 6.10 Å². The minimum Gasteiger partial charge on any atom is -0.447 e. The molecule has 126 valence electrons. The number of nitrogens with one attached hydrogen (secondary N) is 2. The van der Waals surface area contributed by atoms with E-state index in [4.69, 9.17) is 4.74 Å². The molecule has 1 aromatic heterocycles. The van der Waals surface area contributed by atoms with Crippen LogP contribution in [0.5, 0.6) is 0 Å². The lowest BCUT2D eigenvalue weighted by atomic mass is 10.1. The number of imide groups is 1.